The second-order valence-corrected chi connectivity index (χ2v) is 7.32. The smallest absolute Gasteiger partial charge is 0.234 e. The van der Waals surface area contributed by atoms with Crippen LogP contribution in [0.1, 0.15) is 52.4 Å². The Hall–Kier alpha value is -0.610. The molecule has 0 spiro atoms. The maximum atomic E-state index is 12.0. The van der Waals surface area contributed by atoms with Gasteiger partial charge in [-0.1, -0.05) is 26.7 Å². The van der Waals surface area contributed by atoms with Crippen LogP contribution in [0.25, 0.3) is 0 Å². The molecule has 122 valence electrons. The molecule has 1 aliphatic carbocycles. The zero-order valence-electron chi connectivity index (χ0n) is 13.9. The van der Waals surface area contributed by atoms with Gasteiger partial charge >= 0.3 is 0 Å². The molecule has 1 saturated heterocycles. The van der Waals surface area contributed by atoms with Crippen LogP contribution in [0.5, 0.6) is 0 Å². The van der Waals surface area contributed by atoms with E-state index in [0.717, 1.165) is 38.0 Å². The first kappa shape index (κ1) is 16.8. The highest BCUT2D eigenvalue weighted by atomic mass is 16.2. The minimum Gasteiger partial charge on any atom is -0.352 e. The van der Waals surface area contributed by atoms with Gasteiger partial charge in [0, 0.05) is 6.04 Å². The maximum Gasteiger partial charge on any atom is 0.234 e. The fourth-order valence-electron chi connectivity index (χ4n) is 3.47. The van der Waals surface area contributed by atoms with Crippen molar-refractivity contribution in [3.05, 3.63) is 0 Å². The second-order valence-electron chi connectivity index (χ2n) is 7.32. The van der Waals surface area contributed by atoms with Crippen LogP contribution in [0.2, 0.25) is 0 Å². The Morgan fingerprint density at radius 2 is 1.81 bits per heavy atom. The fraction of sp³-hybridized carbons (Fsp3) is 0.941. The molecule has 0 aromatic rings. The highest BCUT2D eigenvalue weighted by Gasteiger charge is 2.22. The summed E-state index contributed by atoms with van der Waals surface area (Å²) in [5.41, 5.74) is 0. The zero-order chi connectivity index (χ0) is 15.1. The minimum absolute atomic E-state index is 0.235. The predicted octanol–water partition coefficient (Wildman–Crippen LogP) is 2.00. The van der Waals surface area contributed by atoms with Crippen molar-refractivity contribution in [3.8, 4) is 0 Å². The first-order valence-electron chi connectivity index (χ1n) is 8.86. The molecule has 2 fully saturated rings. The molecule has 2 N–H and O–H groups in total. The summed E-state index contributed by atoms with van der Waals surface area (Å²) in [6.45, 7) is 9.50. The molecular weight excluding hydrogens is 262 g/mol. The quantitative estimate of drug-likeness (QED) is 0.755. The predicted molar refractivity (Wildman–Crippen MR) is 87.3 cm³/mol. The van der Waals surface area contributed by atoms with Crippen LogP contribution in [0.4, 0.5) is 0 Å². The SMILES string of the molecule is CC(C)CNCC1CCN(CC(=O)NC2CCCC2)CC1. The number of nitrogens with one attached hydrogen (secondary N) is 2. The van der Waals surface area contributed by atoms with Crippen molar-refractivity contribution in [1.82, 2.24) is 15.5 Å². The third kappa shape index (κ3) is 6.35. The van der Waals surface area contributed by atoms with Crippen LogP contribution in [0.3, 0.4) is 0 Å². The van der Waals surface area contributed by atoms with Gasteiger partial charge in [0.15, 0.2) is 0 Å². The van der Waals surface area contributed by atoms with Crippen molar-refractivity contribution in [2.45, 2.75) is 58.4 Å². The van der Waals surface area contributed by atoms with Crippen LogP contribution < -0.4 is 10.6 Å². The lowest BCUT2D eigenvalue weighted by molar-refractivity contribution is -0.123. The average molecular weight is 295 g/mol. The van der Waals surface area contributed by atoms with Gasteiger partial charge in [-0.15, -0.1) is 0 Å². The summed E-state index contributed by atoms with van der Waals surface area (Å²) in [6.07, 6.45) is 7.35. The van der Waals surface area contributed by atoms with Crippen molar-refractivity contribution in [2.75, 3.05) is 32.7 Å². The molecule has 21 heavy (non-hydrogen) atoms. The van der Waals surface area contributed by atoms with Gasteiger partial charge in [0.25, 0.3) is 0 Å². The second kappa shape index (κ2) is 8.74. The highest BCUT2D eigenvalue weighted by molar-refractivity contribution is 5.78. The van der Waals surface area contributed by atoms with Crippen LogP contribution in [0.15, 0.2) is 0 Å². The third-order valence-electron chi connectivity index (χ3n) is 4.78. The summed E-state index contributed by atoms with van der Waals surface area (Å²) in [5, 5.41) is 6.75. The van der Waals surface area contributed by atoms with Gasteiger partial charge < -0.3 is 10.6 Å². The normalized spacial score (nSPS) is 22.0. The van der Waals surface area contributed by atoms with Crippen LogP contribution in [-0.2, 0) is 4.79 Å². The van der Waals surface area contributed by atoms with E-state index in [2.05, 4.69) is 29.4 Å². The number of carbonyl (C=O) groups is 1. The van der Waals surface area contributed by atoms with Crippen molar-refractivity contribution < 1.29 is 4.79 Å². The van der Waals surface area contributed by atoms with Gasteiger partial charge in [0.1, 0.15) is 0 Å². The fourth-order valence-corrected chi connectivity index (χ4v) is 3.47. The number of rotatable bonds is 7. The van der Waals surface area contributed by atoms with Crippen molar-refractivity contribution in [2.24, 2.45) is 11.8 Å². The largest absolute Gasteiger partial charge is 0.352 e. The van der Waals surface area contributed by atoms with E-state index in [-0.39, 0.29) is 5.91 Å². The number of carbonyl (C=O) groups excluding carboxylic acids is 1. The number of likely N-dealkylation sites (tertiary alicyclic amines) is 1. The lowest BCUT2D eigenvalue weighted by Crippen LogP contribution is -2.45. The number of nitrogens with zero attached hydrogens (tertiary/aromatic N) is 1. The minimum atomic E-state index is 0.235. The van der Waals surface area contributed by atoms with E-state index in [9.17, 15) is 4.79 Å². The molecule has 0 radical (unpaired) electrons. The maximum absolute atomic E-state index is 12.0. The molecule has 0 bridgehead atoms. The van der Waals surface area contributed by atoms with Gasteiger partial charge in [0.05, 0.1) is 6.54 Å². The Morgan fingerprint density at radius 3 is 2.43 bits per heavy atom. The molecule has 1 aliphatic heterocycles. The van der Waals surface area contributed by atoms with Crippen LogP contribution in [0, 0.1) is 11.8 Å². The summed E-state index contributed by atoms with van der Waals surface area (Å²) in [6, 6.07) is 0.454. The molecule has 4 heteroatoms. The lowest BCUT2D eigenvalue weighted by atomic mass is 9.96. The van der Waals surface area contributed by atoms with Gasteiger partial charge in [0.2, 0.25) is 5.91 Å². The van der Waals surface area contributed by atoms with Crippen molar-refractivity contribution in [1.29, 1.82) is 0 Å². The summed E-state index contributed by atoms with van der Waals surface area (Å²) < 4.78 is 0. The number of piperidine rings is 1. The Labute approximate surface area is 130 Å². The first-order chi connectivity index (χ1) is 10.1. The topological polar surface area (TPSA) is 44.4 Å². The number of amides is 1. The van der Waals surface area contributed by atoms with Gasteiger partial charge in [-0.2, -0.15) is 0 Å². The van der Waals surface area contributed by atoms with E-state index in [1.54, 1.807) is 0 Å². The third-order valence-corrected chi connectivity index (χ3v) is 4.78. The molecule has 0 unspecified atom stereocenters. The number of hydrogen-bond donors (Lipinski definition) is 2. The Kier molecular flexibility index (Phi) is 6.97. The molecule has 2 aliphatic rings. The average Bonchev–Trinajstić information content (AvgIpc) is 2.93. The van der Waals surface area contributed by atoms with Crippen LogP contribution >= 0.6 is 0 Å². The Bertz CT molecular complexity index is 305. The summed E-state index contributed by atoms with van der Waals surface area (Å²) in [4.78, 5) is 14.4. The van der Waals surface area contributed by atoms with E-state index in [1.807, 2.05) is 0 Å². The molecule has 0 aromatic heterocycles. The molecular formula is C17H33N3O. The lowest BCUT2D eigenvalue weighted by Gasteiger charge is -2.32. The van der Waals surface area contributed by atoms with E-state index < -0.39 is 0 Å². The van der Waals surface area contributed by atoms with Gasteiger partial charge in [-0.3, -0.25) is 9.69 Å². The molecule has 0 aromatic carbocycles. The molecule has 1 amide bonds. The van der Waals surface area contributed by atoms with E-state index >= 15 is 0 Å². The molecule has 1 heterocycles. The van der Waals surface area contributed by atoms with Gasteiger partial charge in [-0.05, 0) is 63.7 Å². The first-order valence-corrected chi connectivity index (χ1v) is 8.86. The summed E-state index contributed by atoms with van der Waals surface area (Å²) in [5.74, 6) is 1.75. The standard InChI is InChI=1S/C17H33N3O/c1-14(2)11-18-12-15-7-9-20(10-8-15)13-17(21)19-16-5-3-4-6-16/h14-16,18H,3-13H2,1-2H3,(H,19,21). The van der Waals surface area contributed by atoms with Crippen molar-refractivity contribution >= 4 is 5.91 Å². The monoisotopic (exact) mass is 295 g/mol. The molecule has 2 rings (SSSR count). The zero-order valence-corrected chi connectivity index (χ0v) is 13.9. The Morgan fingerprint density at radius 1 is 1.14 bits per heavy atom. The molecule has 0 atom stereocenters. The summed E-state index contributed by atoms with van der Waals surface area (Å²) >= 11 is 0. The van der Waals surface area contributed by atoms with Crippen LogP contribution in [-0.4, -0.2) is 49.6 Å². The Balaban J connectivity index is 1.56. The van der Waals surface area contributed by atoms with Crippen molar-refractivity contribution in [3.63, 3.8) is 0 Å². The van der Waals surface area contributed by atoms with E-state index in [1.165, 1.54) is 38.5 Å². The molecule has 4 nitrogen and oxygen atoms in total. The van der Waals surface area contributed by atoms with E-state index in [0.29, 0.717) is 12.6 Å². The molecule has 1 saturated carbocycles. The van der Waals surface area contributed by atoms with Gasteiger partial charge in [-0.25, -0.2) is 0 Å². The summed E-state index contributed by atoms with van der Waals surface area (Å²) in [7, 11) is 0. The van der Waals surface area contributed by atoms with E-state index in [4.69, 9.17) is 0 Å². The number of hydrogen-bond acceptors (Lipinski definition) is 3. The highest BCUT2D eigenvalue weighted by Crippen LogP contribution is 2.18.